The van der Waals surface area contributed by atoms with Gasteiger partial charge in [0.15, 0.2) is 0 Å². The number of hydrogen-bond donors (Lipinski definition) is 1. The minimum absolute atomic E-state index is 0.123. The Labute approximate surface area is 144 Å². The van der Waals surface area contributed by atoms with E-state index >= 15 is 0 Å². The van der Waals surface area contributed by atoms with E-state index in [2.05, 4.69) is 6.08 Å². The first kappa shape index (κ1) is 15.3. The molecule has 0 aliphatic carbocycles. The summed E-state index contributed by atoms with van der Waals surface area (Å²) in [4.78, 5) is 29.0. The standard InChI is InChI=1S/C20H17N3O2/c21-18(24)14-8-9-17-16(12-14)20(25)23-10-4-7-15(19(23)22-17)11-13-5-2-1-3-6-13/h1-3,5-6,8-9,11-12H,4,7,10H2,(H2,21,24)/b15-11+. The van der Waals surface area contributed by atoms with Gasteiger partial charge in [0.05, 0.1) is 10.9 Å². The van der Waals surface area contributed by atoms with Gasteiger partial charge in [-0.15, -0.1) is 0 Å². The lowest BCUT2D eigenvalue weighted by Gasteiger charge is -2.21. The molecule has 25 heavy (non-hydrogen) atoms. The molecule has 2 N–H and O–H groups in total. The van der Waals surface area contributed by atoms with E-state index in [-0.39, 0.29) is 5.56 Å². The van der Waals surface area contributed by atoms with Crippen molar-refractivity contribution in [2.45, 2.75) is 19.4 Å². The van der Waals surface area contributed by atoms with Crippen LogP contribution in [0.5, 0.6) is 0 Å². The summed E-state index contributed by atoms with van der Waals surface area (Å²) in [5, 5.41) is 0.431. The number of nitrogens with zero attached hydrogens (tertiary/aromatic N) is 2. The molecule has 2 aromatic carbocycles. The second-order valence-corrected chi connectivity index (χ2v) is 6.17. The van der Waals surface area contributed by atoms with Crippen LogP contribution >= 0.6 is 0 Å². The van der Waals surface area contributed by atoms with Gasteiger partial charge in [0.2, 0.25) is 5.91 Å². The van der Waals surface area contributed by atoms with Crippen molar-refractivity contribution in [3.05, 3.63) is 75.8 Å². The number of primary amides is 1. The van der Waals surface area contributed by atoms with E-state index in [1.807, 2.05) is 30.3 Å². The highest BCUT2D eigenvalue weighted by Gasteiger charge is 2.19. The SMILES string of the molecule is NC(=O)c1ccc2nc3n(c(=O)c2c1)CCC/C3=C\c1ccccc1. The van der Waals surface area contributed by atoms with Crippen LogP contribution in [0.25, 0.3) is 22.6 Å². The fourth-order valence-corrected chi connectivity index (χ4v) is 3.25. The topological polar surface area (TPSA) is 78.0 Å². The minimum Gasteiger partial charge on any atom is -0.366 e. The Morgan fingerprint density at radius 3 is 2.72 bits per heavy atom. The Morgan fingerprint density at radius 1 is 1.16 bits per heavy atom. The number of carbonyl (C=O) groups is 1. The third kappa shape index (κ3) is 2.74. The van der Waals surface area contributed by atoms with Crippen molar-refractivity contribution < 1.29 is 4.79 Å². The quantitative estimate of drug-likeness (QED) is 0.784. The molecule has 1 aliphatic rings. The highest BCUT2D eigenvalue weighted by Crippen LogP contribution is 2.27. The minimum atomic E-state index is -0.548. The molecule has 0 saturated heterocycles. The largest absolute Gasteiger partial charge is 0.366 e. The van der Waals surface area contributed by atoms with E-state index < -0.39 is 5.91 Å². The maximum absolute atomic E-state index is 12.9. The number of aromatic nitrogens is 2. The van der Waals surface area contributed by atoms with E-state index in [1.165, 1.54) is 6.07 Å². The summed E-state index contributed by atoms with van der Waals surface area (Å²) < 4.78 is 1.70. The first-order valence-electron chi connectivity index (χ1n) is 8.24. The second-order valence-electron chi connectivity index (χ2n) is 6.17. The van der Waals surface area contributed by atoms with E-state index in [1.54, 1.807) is 16.7 Å². The van der Waals surface area contributed by atoms with Crippen LogP contribution in [0.4, 0.5) is 0 Å². The monoisotopic (exact) mass is 331 g/mol. The van der Waals surface area contributed by atoms with Gasteiger partial charge in [0, 0.05) is 12.1 Å². The molecule has 2 heterocycles. The van der Waals surface area contributed by atoms with Gasteiger partial charge < -0.3 is 5.73 Å². The molecule has 0 radical (unpaired) electrons. The molecule has 0 atom stereocenters. The molecule has 0 bridgehead atoms. The number of fused-ring (bicyclic) bond motifs is 2. The lowest BCUT2D eigenvalue weighted by Crippen LogP contribution is -2.28. The van der Waals surface area contributed by atoms with E-state index in [9.17, 15) is 9.59 Å². The fourth-order valence-electron chi connectivity index (χ4n) is 3.25. The summed E-state index contributed by atoms with van der Waals surface area (Å²) >= 11 is 0. The first-order valence-corrected chi connectivity index (χ1v) is 8.24. The third-order valence-corrected chi connectivity index (χ3v) is 4.49. The molecule has 0 saturated carbocycles. The summed E-state index contributed by atoms with van der Waals surface area (Å²) in [6.07, 6.45) is 3.85. The molecule has 0 fully saturated rings. The Bertz CT molecular complexity index is 1070. The van der Waals surface area contributed by atoms with Crippen molar-refractivity contribution in [3.8, 4) is 0 Å². The first-order chi connectivity index (χ1) is 12.1. The Balaban J connectivity index is 1.92. The summed E-state index contributed by atoms with van der Waals surface area (Å²) in [6, 6.07) is 14.8. The highest BCUT2D eigenvalue weighted by atomic mass is 16.1. The van der Waals surface area contributed by atoms with Crippen LogP contribution in [0.2, 0.25) is 0 Å². The van der Waals surface area contributed by atoms with Crippen LogP contribution in [0.1, 0.15) is 34.6 Å². The maximum atomic E-state index is 12.9. The summed E-state index contributed by atoms with van der Waals surface area (Å²) in [5.74, 6) is 0.160. The Hall–Kier alpha value is -3.21. The van der Waals surface area contributed by atoms with Crippen LogP contribution in [0, 0.1) is 0 Å². The average molecular weight is 331 g/mol. The molecular formula is C20H17N3O2. The van der Waals surface area contributed by atoms with Crippen LogP contribution in [0.3, 0.4) is 0 Å². The lowest BCUT2D eigenvalue weighted by atomic mass is 10.0. The third-order valence-electron chi connectivity index (χ3n) is 4.49. The van der Waals surface area contributed by atoms with Crippen molar-refractivity contribution in [1.29, 1.82) is 0 Å². The number of benzene rings is 2. The molecule has 4 rings (SSSR count). The molecule has 1 amide bonds. The zero-order chi connectivity index (χ0) is 17.4. The molecule has 0 unspecified atom stereocenters. The van der Waals surface area contributed by atoms with Gasteiger partial charge >= 0.3 is 0 Å². The molecule has 3 aromatic rings. The highest BCUT2D eigenvalue weighted by molar-refractivity contribution is 5.97. The van der Waals surface area contributed by atoms with Gasteiger partial charge in [0.25, 0.3) is 5.56 Å². The Morgan fingerprint density at radius 2 is 1.96 bits per heavy atom. The van der Waals surface area contributed by atoms with Crippen molar-refractivity contribution in [2.75, 3.05) is 0 Å². The zero-order valence-corrected chi connectivity index (χ0v) is 13.6. The number of amides is 1. The zero-order valence-electron chi connectivity index (χ0n) is 13.6. The fraction of sp³-hybridized carbons (Fsp3) is 0.150. The summed E-state index contributed by atoms with van der Waals surface area (Å²) in [5.41, 5.74) is 8.25. The predicted molar refractivity (Wildman–Crippen MR) is 98.1 cm³/mol. The van der Waals surface area contributed by atoms with Crippen LogP contribution in [-0.2, 0) is 6.54 Å². The van der Waals surface area contributed by atoms with Gasteiger partial charge in [-0.1, -0.05) is 30.3 Å². The van der Waals surface area contributed by atoms with Gasteiger partial charge in [0.1, 0.15) is 5.82 Å². The average Bonchev–Trinajstić information content (AvgIpc) is 2.63. The molecular weight excluding hydrogens is 314 g/mol. The molecule has 5 heteroatoms. The lowest BCUT2D eigenvalue weighted by molar-refractivity contribution is 0.100. The van der Waals surface area contributed by atoms with E-state index in [0.717, 1.165) is 24.0 Å². The van der Waals surface area contributed by atoms with Gasteiger partial charge in [-0.05, 0) is 48.3 Å². The number of allylic oxidation sites excluding steroid dienone is 1. The smallest absolute Gasteiger partial charge is 0.261 e. The van der Waals surface area contributed by atoms with E-state index in [4.69, 9.17) is 10.7 Å². The van der Waals surface area contributed by atoms with Crippen LogP contribution in [-0.4, -0.2) is 15.5 Å². The molecule has 5 nitrogen and oxygen atoms in total. The number of nitrogens with two attached hydrogens (primary N) is 1. The van der Waals surface area contributed by atoms with Gasteiger partial charge in [-0.3, -0.25) is 14.2 Å². The van der Waals surface area contributed by atoms with Crippen LogP contribution in [0.15, 0.2) is 53.3 Å². The number of carbonyl (C=O) groups excluding carboxylic acids is 1. The molecule has 0 spiro atoms. The predicted octanol–water partition coefficient (Wildman–Crippen LogP) is 2.83. The van der Waals surface area contributed by atoms with Gasteiger partial charge in [-0.25, -0.2) is 4.98 Å². The molecule has 124 valence electrons. The van der Waals surface area contributed by atoms with Crippen molar-refractivity contribution in [3.63, 3.8) is 0 Å². The molecule has 1 aromatic heterocycles. The van der Waals surface area contributed by atoms with Crippen molar-refractivity contribution in [1.82, 2.24) is 9.55 Å². The Kier molecular flexibility index (Phi) is 3.69. The molecule has 1 aliphatic heterocycles. The van der Waals surface area contributed by atoms with Crippen molar-refractivity contribution >= 4 is 28.5 Å². The number of rotatable bonds is 2. The summed E-state index contributed by atoms with van der Waals surface area (Å²) in [6.45, 7) is 0.629. The van der Waals surface area contributed by atoms with Gasteiger partial charge in [-0.2, -0.15) is 0 Å². The normalized spacial score (nSPS) is 15.3. The second kappa shape index (κ2) is 6.02. The van der Waals surface area contributed by atoms with Crippen LogP contribution < -0.4 is 11.3 Å². The summed E-state index contributed by atoms with van der Waals surface area (Å²) in [7, 11) is 0. The van der Waals surface area contributed by atoms with E-state index in [0.29, 0.717) is 28.8 Å². The van der Waals surface area contributed by atoms with Crippen molar-refractivity contribution in [2.24, 2.45) is 5.73 Å². The number of hydrogen-bond acceptors (Lipinski definition) is 3. The maximum Gasteiger partial charge on any atom is 0.261 e.